The summed E-state index contributed by atoms with van der Waals surface area (Å²) in [6.45, 7) is 4.06. The van der Waals surface area contributed by atoms with E-state index in [0.29, 0.717) is 6.42 Å². The second-order valence-corrected chi connectivity index (χ2v) is 5.22. The van der Waals surface area contributed by atoms with Crippen molar-refractivity contribution in [2.24, 2.45) is 0 Å². The number of unbranched alkanes of at least 4 members (excludes halogenated alkanes) is 2. The Balaban J connectivity index is 0.000000288. The van der Waals surface area contributed by atoms with Gasteiger partial charge < -0.3 is 0 Å². The van der Waals surface area contributed by atoms with Crippen LogP contribution in [-0.2, 0) is 10.1 Å². The smallest absolute Gasteiger partial charge is 0.264 e. The van der Waals surface area contributed by atoms with Crippen molar-refractivity contribution < 1.29 is 13.0 Å². The number of benzene rings is 1. The second-order valence-electron chi connectivity index (χ2n) is 3.65. The lowest BCUT2D eigenvalue weighted by Crippen LogP contribution is -2.02. The fourth-order valence-corrected chi connectivity index (χ4v) is 1.64. The summed E-state index contributed by atoms with van der Waals surface area (Å²) in [6.07, 6.45) is 2.39. The largest absolute Gasteiger partial charge is 0.286 e. The highest BCUT2D eigenvalue weighted by molar-refractivity contribution is 7.85. The van der Waals surface area contributed by atoms with Crippen molar-refractivity contribution in [2.75, 3.05) is 5.75 Å². The number of rotatable bonds is 4. The first-order valence-electron chi connectivity index (χ1n) is 5.42. The van der Waals surface area contributed by atoms with Crippen LogP contribution >= 0.6 is 0 Å². The highest BCUT2D eigenvalue weighted by Crippen LogP contribution is 1.96. The van der Waals surface area contributed by atoms with Gasteiger partial charge in [0.1, 0.15) is 0 Å². The average Bonchev–Trinajstić information content (AvgIpc) is 2.18. The molecule has 0 heterocycles. The van der Waals surface area contributed by atoms with Crippen LogP contribution in [0.2, 0.25) is 0 Å². The van der Waals surface area contributed by atoms with E-state index >= 15 is 0 Å². The minimum absolute atomic E-state index is 0.0964. The normalized spacial score (nSPS) is 10.4. The Morgan fingerprint density at radius 1 is 1.12 bits per heavy atom. The van der Waals surface area contributed by atoms with Gasteiger partial charge in [0.25, 0.3) is 10.1 Å². The number of hydrogen-bond donors (Lipinski definition) is 1. The summed E-state index contributed by atoms with van der Waals surface area (Å²) in [4.78, 5) is 0. The Bertz CT molecular complexity index is 357. The molecule has 0 atom stereocenters. The molecule has 4 heteroatoms. The van der Waals surface area contributed by atoms with E-state index in [1.165, 1.54) is 5.56 Å². The number of aryl methyl sites for hydroxylation is 1. The second kappa shape index (κ2) is 8.30. The molecule has 92 valence electrons. The average molecular weight is 244 g/mol. The summed E-state index contributed by atoms with van der Waals surface area (Å²) >= 11 is 0. The molecule has 16 heavy (non-hydrogen) atoms. The van der Waals surface area contributed by atoms with Crippen LogP contribution in [0.5, 0.6) is 0 Å². The van der Waals surface area contributed by atoms with E-state index in [9.17, 15) is 8.42 Å². The van der Waals surface area contributed by atoms with E-state index in [1.54, 1.807) is 0 Å². The molecule has 0 fully saturated rings. The van der Waals surface area contributed by atoms with Crippen LogP contribution in [0.3, 0.4) is 0 Å². The third-order valence-electron chi connectivity index (χ3n) is 1.95. The molecule has 1 aromatic rings. The van der Waals surface area contributed by atoms with Crippen LogP contribution < -0.4 is 0 Å². The summed E-state index contributed by atoms with van der Waals surface area (Å²) < 4.78 is 28.3. The van der Waals surface area contributed by atoms with E-state index in [1.807, 2.05) is 25.1 Å². The fourth-order valence-electron chi connectivity index (χ4n) is 1.07. The first-order chi connectivity index (χ1) is 7.45. The molecule has 0 aliphatic heterocycles. The third kappa shape index (κ3) is 11.2. The summed E-state index contributed by atoms with van der Waals surface area (Å²) in [5, 5.41) is 0. The van der Waals surface area contributed by atoms with Crippen molar-refractivity contribution in [3.63, 3.8) is 0 Å². The molecular formula is C12H20O3S. The quantitative estimate of drug-likeness (QED) is 0.654. The molecule has 1 rings (SSSR count). The molecule has 0 aliphatic carbocycles. The van der Waals surface area contributed by atoms with Crippen LogP contribution in [0.15, 0.2) is 30.3 Å². The standard InChI is InChI=1S/C7H8.C5H12O3S/c1-7-5-3-2-4-6-7;1-2-3-4-5-9(6,7)8/h2-6H,1H3;2-5H2,1H3,(H,6,7,8). The van der Waals surface area contributed by atoms with E-state index in [-0.39, 0.29) is 5.75 Å². The Hall–Kier alpha value is -0.870. The zero-order valence-electron chi connectivity index (χ0n) is 9.89. The molecule has 0 aliphatic rings. The van der Waals surface area contributed by atoms with E-state index < -0.39 is 10.1 Å². The van der Waals surface area contributed by atoms with Gasteiger partial charge in [-0.05, 0) is 13.3 Å². The molecule has 0 saturated carbocycles. The molecule has 3 nitrogen and oxygen atoms in total. The van der Waals surface area contributed by atoms with Crippen molar-refractivity contribution in [1.29, 1.82) is 0 Å². The molecule has 0 aromatic heterocycles. The maximum absolute atomic E-state index is 10.1. The fraction of sp³-hybridized carbons (Fsp3) is 0.500. The lowest BCUT2D eigenvalue weighted by Gasteiger charge is -1.92. The molecule has 0 unspecified atom stereocenters. The maximum atomic E-state index is 10.1. The Morgan fingerprint density at radius 2 is 1.69 bits per heavy atom. The van der Waals surface area contributed by atoms with Gasteiger partial charge in [-0.25, -0.2) is 0 Å². The molecule has 0 saturated heterocycles. The lowest BCUT2D eigenvalue weighted by molar-refractivity contribution is 0.480. The topological polar surface area (TPSA) is 54.4 Å². The van der Waals surface area contributed by atoms with Crippen LogP contribution in [0.25, 0.3) is 0 Å². The molecule has 1 N–H and O–H groups in total. The van der Waals surface area contributed by atoms with E-state index in [4.69, 9.17) is 4.55 Å². The first kappa shape index (κ1) is 15.1. The van der Waals surface area contributed by atoms with Gasteiger partial charge in [0.05, 0.1) is 5.75 Å². The summed E-state index contributed by atoms with van der Waals surface area (Å²) in [5.74, 6) is -0.0964. The molecular weight excluding hydrogens is 224 g/mol. The molecule has 0 radical (unpaired) electrons. The van der Waals surface area contributed by atoms with Gasteiger partial charge in [-0.2, -0.15) is 8.42 Å². The van der Waals surface area contributed by atoms with Gasteiger partial charge in [-0.3, -0.25) is 4.55 Å². The van der Waals surface area contributed by atoms with Crippen molar-refractivity contribution in [2.45, 2.75) is 33.1 Å². The van der Waals surface area contributed by atoms with E-state index in [0.717, 1.165) is 12.8 Å². The molecule has 0 amide bonds. The summed E-state index contributed by atoms with van der Waals surface area (Å²) in [6, 6.07) is 10.3. The predicted molar refractivity (Wildman–Crippen MR) is 67.1 cm³/mol. The van der Waals surface area contributed by atoms with Gasteiger partial charge >= 0.3 is 0 Å². The minimum atomic E-state index is -3.70. The van der Waals surface area contributed by atoms with Crippen molar-refractivity contribution in [3.8, 4) is 0 Å². The van der Waals surface area contributed by atoms with Crippen LogP contribution in [-0.4, -0.2) is 18.7 Å². The zero-order chi connectivity index (χ0) is 12.4. The molecule has 0 spiro atoms. The molecule has 0 bridgehead atoms. The third-order valence-corrected chi connectivity index (χ3v) is 2.75. The van der Waals surface area contributed by atoms with Crippen molar-refractivity contribution >= 4 is 10.1 Å². The van der Waals surface area contributed by atoms with Crippen molar-refractivity contribution in [3.05, 3.63) is 35.9 Å². The SMILES string of the molecule is CCCCCS(=O)(=O)O.Cc1ccccc1. The van der Waals surface area contributed by atoms with Gasteiger partial charge in [0, 0.05) is 0 Å². The van der Waals surface area contributed by atoms with Crippen LogP contribution in [0, 0.1) is 6.92 Å². The van der Waals surface area contributed by atoms with Crippen LogP contribution in [0.1, 0.15) is 31.7 Å². The highest BCUT2D eigenvalue weighted by atomic mass is 32.2. The van der Waals surface area contributed by atoms with Gasteiger partial charge in [-0.15, -0.1) is 0 Å². The van der Waals surface area contributed by atoms with E-state index in [2.05, 4.69) is 19.1 Å². The Labute approximate surface area is 98.3 Å². The molecule has 1 aromatic carbocycles. The number of hydrogen-bond acceptors (Lipinski definition) is 2. The lowest BCUT2D eigenvalue weighted by atomic mass is 10.2. The monoisotopic (exact) mass is 244 g/mol. The minimum Gasteiger partial charge on any atom is -0.286 e. The maximum Gasteiger partial charge on any atom is 0.264 e. The zero-order valence-corrected chi connectivity index (χ0v) is 10.7. The van der Waals surface area contributed by atoms with Crippen molar-refractivity contribution in [1.82, 2.24) is 0 Å². The Morgan fingerprint density at radius 3 is 2.00 bits per heavy atom. The highest BCUT2D eigenvalue weighted by Gasteiger charge is 2.01. The summed E-state index contributed by atoms with van der Waals surface area (Å²) in [5.41, 5.74) is 1.32. The summed E-state index contributed by atoms with van der Waals surface area (Å²) in [7, 11) is -3.70. The predicted octanol–water partition coefficient (Wildman–Crippen LogP) is 3.06. The first-order valence-corrected chi connectivity index (χ1v) is 7.03. The van der Waals surface area contributed by atoms with Gasteiger partial charge in [0.15, 0.2) is 0 Å². The van der Waals surface area contributed by atoms with Gasteiger partial charge in [0.2, 0.25) is 0 Å². The van der Waals surface area contributed by atoms with Crippen LogP contribution in [0.4, 0.5) is 0 Å². The Kier molecular flexibility index (Phi) is 7.85. The van der Waals surface area contributed by atoms with Gasteiger partial charge in [-0.1, -0.05) is 55.7 Å².